The number of ether oxygens (including phenoxy) is 8. The van der Waals surface area contributed by atoms with Crippen molar-refractivity contribution in [1.82, 2.24) is 20.5 Å². The van der Waals surface area contributed by atoms with Gasteiger partial charge in [0, 0.05) is 38.1 Å². The summed E-state index contributed by atoms with van der Waals surface area (Å²) in [5.74, 6) is -1.81. The average molecular weight is 913 g/mol. The fourth-order valence-corrected chi connectivity index (χ4v) is 10.0. The number of nitrogens with one attached hydrogen (secondary N) is 2. The molecule has 3 saturated heterocycles. The van der Waals surface area contributed by atoms with Crippen LogP contribution in [0.3, 0.4) is 0 Å². The molecule has 0 amide bonds. The van der Waals surface area contributed by atoms with Crippen molar-refractivity contribution in [3.63, 3.8) is 0 Å². The highest BCUT2D eigenvalue weighted by atomic mass is 16.7. The molecular formula is C47H84N4O13. The van der Waals surface area contributed by atoms with Gasteiger partial charge in [-0.05, 0) is 113 Å². The van der Waals surface area contributed by atoms with Crippen molar-refractivity contribution < 1.29 is 63.1 Å². The molecule has 0 spiro atoms. The van der Waals surface area contributed by atoms with Gasteiger partial charge in [-0.1, -0.05) is 27.7 Å². The fourth-order valence-electron chi connectivity index (χ4n) is 10.0. The van der Waals surface area contributed by atoms with Gasteiger partial charge in [0.25, 0.3) is 0 Å². The molecule has 0 saturated carbocycles. The second-order valence-corrected chi connectivity index (χ2v) is 19.8. The van der Waals surface area contributed by atoms with E-state index >= 15 is 0 Å². The summed E-state index contributed by atoms with van der Waals surface area (Å²) in [5, 5.41) is 55.0. The number of nitrogens with zero attached hydrogens (tertiary/aromatic N) is 2. The number of aliphatic hydroxyl groups excluding tert-OH is 1. The van der Waals surface area contributed by atoms with Crippen molar-refractivity contribution in [2.45, 2.75) is 198 Å². The highest BCUT2D eigenvalue weighted by Gasteiger charge is 2.58. The zero-order chi connectivity index (χ0) is 47.9. The third-order valence-electron chi connectivity index (χ3n) is 14.2. The minimum Gasteiger partial charge on any atom is -0.482 e. The van der Waals surface area contributed by atoms with Crippen molar-refractivity contribution in [2.24, 2.45) is 17.8 Å². The summed E-state index contributed by atoms with van der Waals surface area (Å²) in [6, 6.07) is 2.67. The normalized spacial score (nSPS) is 43.2. The Morgan fingerprint density at radius 1 is 0.969 bits per heavy atom. The Bertz CT molecular complexity index is 1590. The molecule has 0 unspecified atom stereocenters. The Labute approximate surface area is 382 Å². The zero-order valence-electron chi connectivity index (χ0n) is 41.3. The molecule has 0 bridgehead atoms. The minimum absolute atomic E-state index is 0.0870. The number of hydrogen-bond donors (Lipinski definition) is 6. The molecule has 4 heterocycles. The lowest BCUT2D eigenvalue weighted by Crippen LogP contribution is -2.70. The number of rotatable bonds is 14. The average Bonchev–Trinajstić information content (AvgIpc) is 3.24. The van der Waals surface area contributed by atoms with E-state index in [-0.39, 0.29) is 43.9 Å². The van der Waals surface area contributed by atoms with Gasteiger partial charge in [-0.2, -0.15) is 0 Å². The van der Waals surface area contributed by atoms with E-state index in [4.69, 9.17) is 37.9 Å². The zero-order valence-corrected chi connectivity index (χ0v) is 41.3. The number of hydrogen-bond acceptors (Lipinski definition) is 17. The molecule has 1 aromatic rings. The Morgan fingerprint density at radius 2 is 1.66 bits per heavy atom. The largest absolute Gasteiger partial charge is 0.482 e. The molecule has 1 aromatic heterocycles. The Hall–Kier alpha value is -2.26. The van der Waals surface area contributed by atoms with Crippen LogP contribution < -0.4 is 20.1 Å². The van der Waals surface area contributed by atoms with Crippen LogP contribution in [0.15, 0.2) is 18.3 Å². The first kappa shape index (κ1) is 54.3. The third kappa shape index (κ3) is 12.4. The summed E-state index contributed by atoms with van der Waals surface area (Å²) in [6.07, 6.45) is -4.74. The molecule has 17 heteroatoms. The summed E-state index contributed by atoms with van der Waals surface area (Å²) in [5.41, 5.74) is -6.02. The summed E-state index contributed by atoms with van der Waals surface area (Å²) < 4.78 is 51.4. The summed E-state index contributed by atoms with van der Waals surface area (Å²) in [7, 11) is 7.02. The van der Waals surface area contributed by atoms with Crippen LogP contribution in [0.25, 0.3) is 0 Å². The van der Waals surface area contributed by atoms with E-state index in [2.05, 4.69) is 20.5 Å². The van der Waals surface area contributed by atoms with Crippen LogP contribution >= 0.6 is 0 Å². The second-order valence-electron chi connectivity index (χ2n) is 19.8. The lowest BCUT2D eigenvalue weighted by Gasteiger charge is -2.53. The summed E-state index contributed by atoms with van der Waals surface area (Å²) >= 11 is 0. The van der Waals surface area contributed by atoms with Gasteiger partial charge in [-0.25, -0.2) is 4.98 Å². The number of carbonyl (C=O) groups is 1. The van der Waals surface area contributed by atoms with Crippen molar-refractivity contribution in [2.75, 3.05) is 47.9 Å². The van der Waals surface area contributed by atoms with Crippen LogP contribution in [-0.2, 0) is 33.2 Å². The van der Waals surface area contributed by atoms with Gasteiger partial charge in [-0.3, -0.25) is 4.79 Å². The minimum atomic E-state index is -1.83. The Balaban J connectivity index is 1.86. The number of esters is 1. The number of pyridine rings is 1. The smallest absolute Gasteiger partial charge is 0.311 e. The van der Waals surface area contributed by atoms with E-state index in [1.54, 1.807) is 67.2 Å². The molecule has 0 radical (unpaired) electrons. The number of likely N-dealkylation sites (N-methyl/N-ethyl adjacent to an activating group) is 1. The second kappa shape index (κ2) is 22.7. The maximum absolute atomic E-state index is 14.6. The van der Waals surface area contributed by atoms with Crippen molar-refractivity contribution in [1.29, 1.82) is 0 Å². The quantitative estimate of drug-likeness (QED) is 0.117. The molecular weight excluding hydrogens is 829 g/mol. The topological polar surface area (TPSA) is 212 Å². The summed E-state index contributed by atoms with van der Waals surface area (Å²) in [4.78, 5) is 21.0. The van der Waals surface area contributed by atoms with E-state index in [1.165, 1.54) is 6.92 Å². The number of cyclic esters (lactones) is 1. The highest BCUT2D eigenvalue weighted by Crippen LogP contribution is 2.43. The molecule has 3 fully saturated rings. The molecule has 0 aliphatic carbocycles. The molecule has 18 atom stereocenters. The van der Waals surface area contributed by atoms with Crippen molar-refractivity contribution in [3.05, 3.63) is 18.3 Å². The predicted octanol–water partition coefficient (Wildman–Crippen LogP) is 3.42. The van der Waals surface area contributed by atoms with Gasteiger partial charge < -0.3 is 73.9 Å². The first-order valence-corrected chi connectivity index (χ1v) is 23.4. The van der Waals surface area contributed by atoms with Crippen LogP contribution in [0, 0.1) is 17.8 Å². The maximum Gasteiger partial charge on any atom is 0.311 e. The lowest BCUT2D eigenvalue weighted by atomic mass is 9.75. The van der Waals surface area contributed by atoms with Gasteiger partial charge in [0.05, 0.1) is 55.3 Å². The SMILES string of the molecule is CCCNC[C@]1(O)[C@H](C)O[C@@H](O[C@H]2[C@H](C)[C@@H](O[C@@H]3O[C@H](C)C[C@H](N(C)C)[C@H]3Oc3ccc(OC)nc3)[C@](C)(O)C[C@@H](C)CN[C@H](C)[C@@H](O)[C@](C)(O)[C@@H](CC)OC(=O)[C@@H]2C)C[C@@]1(C)OC. The van der Waals surface area contributed by atoms with E-state index < -0.39 is 95.5 Å². The number of carbonyl (C=O) groups excluding carboxylic acids is 1. The maximum atomic E-state index is 14.6. The first-order chi connectivity index (χ1) is 29.9. The van der Waals surface area contributed by atoms with E-state index in [9.17, 15) is 25.2 Å². The van der Waals surface area contributed by atoms with Crippen LogP contribution in [-0.4, -0.2) is 174 Å². The van der Waals surface area contributed by atoms with Gasteiger partial charge in [0.15, 0.2) is 18.7 Å². The molecule has 6 N–H and O–H groups in total. The Kier molecular flexibility index (Phi) is 19.3. The molecule has 4 rings (SSSR count). The van der Waals surface area contributed by atoms with Gasteiger partial charge in [0.2, 0.25) is 5.88 Å². The molecule has 0 aromatic carbocycles. The fraction of sp³-hybridized carbons (Fsp3) is 0.872. The predicted molar refractivity (Wildman–Crippen MR) is 241 cm³/mol. The third-order valence-corrected chi connectivity index (χ3v) is 14.2. The lowest BCUT2D eigenvalue weighted by molar-refractivity contribution is -0.335. The summed E-state index contributed by atoms with van der Waals surface area (Å²) in [6.45, 7) is 21.1. The molecule has 3 aliphatic heterocycles. The monoisotopic (exact) mass is 913 g/mol. The van der Waals surface area contributed by atoms with Crippen molar-refractivity contribution in [3.8, 4) is 11.6 Å². The van der Waals surface area contributed by atoms with Gasteiger partial charge in [0.1, 0.15) is 34.8 Å². The van der Waals surface area contributed by atoms with Crippen LogP contribution in [0.2, 0.25) is 0 Å². The van der Waals surface area contributed by atoms with E-state index in [0.717, 1.165) is 6.42 Å². The number of methoxy groups -OCH3 is 2. The molecule has 3 aliphatic rings. The van der Waals surface area contributed by atoms with E-state index in [1.807, 2.05) is 48.7 Å². The van der Waals surface area contributed by atoms with Gasteiger partial charge in [-0.15, -0.1) is 0 Å². The highest BCUT2D eigenvalue weighted by molar-refractivity contribution is 5.73. The standard InChI is InChI=1S/C47H84N4O13/c1-16-20-48-26-47(56)32(8)60-37(23-45(47,10)58-15)63-38-29(5)41(64-43-39(34(51(12)13)21-28(4)59-43)61-33-18-19-36(57-14)50-25-33)44(9,54)22-27(3)24-49-31(7)40(52)46(11,55)35(17-2)62-42(53)30(38)6/h18-19,25,27-32,34-35,37-41,43,48-49,52,54-56H,16-17,20-24,26H2,1-15H3/t27-,28-,29+,30-,31-,32+,34+,35-,37+,38+,39-,40-,41-,43+,44-,45-,46-,47+/m1/s1. The molecule has 17 nitrogen and oxygen atoms in total. The van der Waals surface area contributed by atoms with Crippen LogP contribution in [0.1, 0.15) is 108 Å². The molecule has 64 heavy (non-hydrogen) atoms. The van der Waals surface area contributed by atoms with Crippen LogP contribution in [0.5, 0.6) is 11.6 Å². The number of aliphatic hydroxyl groups is 4. The molecule has 370 valence electrons. The van der Waals surface area contributed by atoms with Crippen molar-refractivity contribution >= 4 is 5.97 Å². The van der Waals surface area contributed by atoms with Crippen LogP contribution in [0.4, 0.5) is 0 Å². The van der Waals surface area contributed by atoms with E-state index in [0.29, 0.717) is 31.1 Å². The Morgan fingerprint density at radius 3 is 2.23 bits per heavy atom. The van der Waals surface area contributed by atoms with Gasteiger partial charge >= 0.3 is 5.97 Å². The number of aromatic nitrogens is 1. The first-order valence-electron chi connectivity index (χ1n) is 23.4.